The molecule has 2 atom stereocenters. The molecule has 1 aromatic heterocycles. The summed E-state index contributed by atoms with van der Waals surface area (Å²) in [6.45, 7) is 4.12. The van der Waals surface area contributed by atoms with Crippen LogP contribution in [0.1, 0.15) is 63.2 Å². The fourth-order valence-corrected chi connectivity index (χ4v) is 4.96. The summed E-state index contributed by atoms with van der Waals surface area (Å²) in [6.07, 6.45) is 9.20. The van der Waals surface area contributed by atoms with Crippen molar-refractivity contribution in [1.82, 2.24) is 10.2 Å². The lowest BCUT2D eigenvalue weighted by Gasteiger charge is -2.36. The molecule has 0 radical (unpaired) electrons. The SMILES string of the molecule is C[C@@H]1CCN(C(=O)CCC2CCCCC2)C[C@@H]1C(=O)NCc1cccs1. The van der Waals surface area contributed by atoms with Gasteiger partial charge in [-0.3, -0.25) is 9.59 Å². The first-order valence-electron chi connectivity index (χ1n) is 10.2. The van der Waals surface area contributed by atoms with Crippen molar-refractivity contribution in [2.24, 2.45) is 17.8 Å². The lowest BCUT2D eigenvalue weighted by atomic mass is 9.84. The number of hydrogen-bond donors (Lipinski definition) is 1. The number of hydrogen-bond acceptors (Lipinski definition) is 3. The number of nitrogens with zero attached hydrogens (tertiary/aromatic N) is 1. The van der Waals surface area contributed by atoms with Crippen LogP contribution < -0.4 is 5.32 Å². The second-order valence-electron chi connectivity index (χ2n) is 8.05. The van der Waals surface area contributed by atoms with E-state index in [9.17, 15) is 9.59 Å². The predicted octanol–water partition coefficient (Wildman–Crippen LogP) is 4.21. The van der Waals surface area contributed by atoms with Crippen LogP contribution in [0.15, 0.2) is 17.5 Å². The van der Waals surface area contributed by atoms with E-state index in [1.165, 1.54) is 37.0 Å². The van der Waals surface area contributed by atoms with Gasteiger partial charge < -0.3 is 10.2 Å². The fourth-order valence-electron chi connectivity index (χ4n) is 4.32. The Labute approximate surface area is 161 Å². The van der Waals surface area contributed by atoms with E-state index in [4.69, 9.17) is 0 Å². The Balaban J connectivity index is 1.46. The molecular weight excluding hydrogens is 344 g/mol. The van der Waals surface area contributed by atoms with Crippen molar-refractivity contribution in [1.29, 1.82) is 0 Å². The number of likely N-dealkylation sites (tertiary alicyclic amines) is 1. The third-order valence-corrected chi connectivity index (χ3v) is 7.03. The molecular formula is C21H32N2O2S. The molecule has 1 aliphatic carbocycles. The van der Waals surface area contributed by atoms with Crippen molar-refractivity contribution in [2.45, 2.75) is 64.8 Å². The molecule has 144 valence electrons. The second-order valence-corrected chi connectivity index (χ2v) is 9.08. The Morgan fingerprint density at radius 1 is 1.23 bits per heavy atom. The molecule has 1 saturated heterocycles. The molecule has 2 heterocycles. The van der Waals surface area contributed by atoms with Crippen LogP contribution in [0.4, 0.5) is 0 Å². The average molecular weight is 377 g/mol. The number of carbonyl (C=O) groups is 2. The van der Waals surface area contributed by atoms with Crippen LogP contribution in [-0.4, -0.2) is 29.8 Å². The van der Waals surface area contributed by atoms with Gasteiger partial charge in [0.05, 0.1) is 12.5 Å². The van der Waals surface area contributed by atoms with E-state index in [1.807, 2.05) is 22.4 Å². The molecule has 2 aliphatic rings. The number of piperidine rings is 1. The molecule has 4 nitrogen and oxygen atoms in total. The van der Waals surface area contributed by atoms with Gasteiger partial charge in [-0.25, -0.2) is 0 Å². The molecule has 1 aromatic rings. The van der Waals surface area contributed by atoms with Crippen molar-refractivity contribution in [2.75, 3.05) is 13.1 Å². The van der Waals surface area contributed by atoms with E-state index >= 15 is 0 Å². The van der Waals surface area contributed by atoms with Gasteiger partial charge in [0.2, 0.25) is 11.8 Å². The van der Waals surface area contributed by atoms with Crippen LogP contribution in [0.3, 0.4) is 0 Å². The van der Waals surface area contributed by atoms with Gasteiger partial charge in [0, 0.05) is 24.4 Å². The first kappa shape index (κ1) is 19.4. The normalized spacial score (nSPS) is 24.4. The minimum atomic E-state index is -0.0812. The monoisotopic (exact) mass is 376 g/mol. The van der Waals surface area contributed by atoms with E-state index in [-0.39, 0.29) is 17.7 Å². The largest absolute Gasteiger partial charge is 0.351 e. The Bertz CT molecular complexity index is 581. The van der Waals surface area contributed by atoms with Gasteiger partial charge in [-0.1, -0.05) is 45.1 Å². The van der Waals surface area contributed by atoms with Crippen LogP contribution in [0.5, 0.6) is 0 Å². The van der Waals surface area contributed by atoms with Gasteiger partial charge in [-0.2, -0.15) is 0 Å². The first-order chi connectivity index (χ1) is 12.6. The van der Waals surface area contributed by atoms with Gasteiger partial charge in [-0.05, 0) is 36.1 Å². The Morgan fingerprint density at radius 3 is 2.77 bits per heavy atom. The maximum Gasteiger partial charge on any atom is 0.225 e. The highest BCUT2D eigenvalue weighted by molar-refractivity contribution is 7.09. The zero-order chi connectivity index (χ0) is 18.4. The molecule has 26 heavy (non-hydrogen) atoms. The topological polar surface area (TPSA) is 49.4 Å². The summed E-state index contributed by atoms with van der Waals surface area (Å²) >= 11 is 1.66. The minimum Gasteiger partial charge on any atom is -0.351 e. The molecule has 0 spiro atoms. The number of carbonyl (C=O) groups excluding carboxylic acids is 2. The summed E-state index contributed by atoms with van der Waals surface area (Å²) in [5.41, 5.74) is 0. The molecule has 1 saturated carbocycles. The summed E-state index contributed by atoms with van der Waals surface area (Å²) in [7, 11) is 0. The van der Waals surface area contributed by atoms with Crippen molar-refractivity contribution in [3.05, 3.63) is 22.4 Å². The Morgan fingerprint density at radius 2 is 2.04 bits per heavy atom. The highest BCUT2D eigenvalue weighted by atomic mass is 32.1. The Hall–Kier alpha value is -1.36. The maximum atomic E-state index is 12.7. The van der Waals surface area contributed by atoms with E-state index in [1.54, 1.807) is 11.3 Å². The lowest BCUT2D eigenvalue weighted by molar-refractivity contribution is -0.137. The molecule has 1 aliphatic heterocycles. The summed E-state index contributed by atoms with van der Waals surface area (Å²) in [5, 5.41) is 5.09. The summed E-state index contributed by atoms with van der Waals surface area (Å²) < 4.78 is 0. The van der Waals surface area contributed by atoms with Crippen molar-refractivity contribution in [3.63, 3.8) is 0 Å². The molecule has 5 heteroatoms. The van der Waals surface area contributed by atoms with E-state index in [0.29, 0.717) is 25.4 Å². The van der Waals surface area contributed by atoms with Gasteiger partial charge in [0.15, 0.2) is 0 Å². The molecule has 0 bridgehead atoms. The van der Waals surface area contributed by atoms with Gasteiger partial charge in [0.25, 0.3) is 0 Å². The predicted molar refractivity (Wildman–Crippen MR) is 106 cm³/mol. The molecule has 2 fully saturated rings. The number of amides is 2. The van der Waals surface area contributed by atoms with E-state index in [2.05, 4.69) is 12.2 Å². The number of thiophene rings is 1. The smallest absolute Gasteiger partial charge is 0.225 e. The van der Waals surface area contributed by atoms with Gasteiger partial charge in [0.1, 0.15) is 0 Å². The van der Waals surface area contributed by atoms with Gasteiger partial charge >= 0.3 is 0 Å². The van der Waals surface area contributed by atoms with Crippen LogP contribution in [-0.2, 0) is 16.1 Å². The van der Waals surface area contributed by atoms with Crippen molar-refractivity contribution < 1.29 is 9.59 Å². The van der Waals surface area contributed by atoms with Crippen LogP contribution in [0.25, 0.3) is 0 Å². The number of nitrogens with one attached hydrogen (secondary N) is 1. The van der Waals surface area contributed by atoms with Crippen molar-refractivity contribution >= 4 is 23.2 Å². The van der Waals surface area contributed by atoms with Crippen molar-refractivity contribution in [3.8, 4) is 0 Å². The summed E-state index contributed by atoms with van der Waals surface area (Å²) in [5.74, 6) is 1.33. The second kappa shape index (κ2) is 9.54. The highest BCUT2D eigenvalue weighted by Crippen LogP contribution is 2.29. The lowest BCUT2D eigenvalue weighted by Crippen LogP contribution is -2.48. The first-order valence-corrected chi connectivity index (χ1v) is 11.1. The molecule has 2 amide bonds. The summed E-state index contributed by atoms with van der Waals surface area (Å²) in [6, 6.07) is 4.04. The zero-order valence-corrected chi connectivity index (χ0v) is 16.7. The molecule has 1 N–H and O–H groups in total. The van der Waals surface area contributed by atoms with Gasteiger partial charge in [-0.15, -0.1) is 11.3 Å². The molecule has 0 aromatic carbocycles. The van der Waals surface area contributed by atoms with E-state index < -0.39 is 0 Å². The van der Waals surface area contributed by atoms with Crippen LogP contribution >= 0.6 is 11.3 Å². The van der Waals surface area contributed by atoms with Crippen LogP contribution in [0, 0.1) is 17.8 Å². The highest BCUT2D eigenvalue weighted by Gasteiger charge is 2.33. The Kier molecular flexibility index (Phi) is 7.12. The quantitative estimate of drug-likeness (QED) is 0.808. The fraction of sp³-hybridized carbons (Fsp3) is 0.714. The third kappa shape index (κ3) is 5.32. The molecule has 0 unspecified atom stereocenters. The minimum absolute atomic E-state index is 0.0812. The van der Waals surface area contributed by atoms with Crippen LogP contribution in [0.2, 0.25) is 0 Å². The third-order valence-electron chi connectivity index (χ3n) is 6.16. The number of rotatable bonds is 6. The van der Waals surface area contributed by atoms with E-state index in [0.717, 1.165) is 25.3 Å². The molecule has 3 rings (SSSR count). The standard InChI is InChI=1S/C21H32N2O2S/c1-16-11-12-23(20(24)10-9-17-6-3-2-4-7-17)15-19(16)21(25)22-14-18-8-5-13-26-18/h5,8,13,16-17,19H,2-4,6-7,9-12,14-15H2,1H3,(H,22,25)/t16-,19+/m1/s1. The maximum absolute atomic E-state index is 12.7. The average Bonchev–Trinajstić information content (AvgIpc) is 3.19. The zero-order valence-electron chi connectivity index (χ0n) is 15.9. The summed E-state index contributed by atoms with van der Waals surface area (Å²) in [4.78, 5) is 28.4.